The summed E-state index contributed by atoms with van der Waals surface area (Å²) in [5.74, 6) is 0.537. The van der Waals surface area contributed by atoms with Crippen molar-refractivity contribution in [3.8, 4) is 0 Å². The van der Waals surface area contributed by atoms with Gasteiger partial charge in [0, 0.05) is 23.8 Å². The average Bonchev–Trinajstić information content (AvgIpc) is 2.35. The van der Waals surface area contributed by atoms with Crippen molar-refractivity contribution < 1.29 is 4.79 Å². The van der Waals surface area contributed by atoms with Crippen LogP contribution in [0, 0.1) is 5.92 Å². The number of nitrogens with zero attached hydrogens (tertiary/aromatic N) is 1. The fourth-order valence-corrected chi connectivity index (χ4v) is 2.80. The molecule has 0 aliphatic heterocycles. The van der Waals surface area contributed by atoms with Gasteiger partial charge in [-0.1, -0.05) is 49.0 Å². The molecule has 2 nitrogen and oxygen atoms in total. The number of amides is 1. The topological polar surface area (TPSA) is 20.3 Å². The molecule has 1 aliphatic rings. The van der Waals surface area contributed by atoms with Gasteiger partial charge < -0.3 is 4.90 Å². The first-order valence-electron chi connectivity index (χ1n) is 6.57. The maximum atomic E-state index is 12.3. The van der Waals surface area contributed by atoms with E-state index in [1.807, 2.05) is 6.92 Å². The molecule has 94 valence electrons. The van der Waals surface area contributed by atoms with E-state index in [0.717, 1.165) is 18.3 Å². The molecule has 0 aromatic rings. The molecule has 1 atom stereocenters. The zero-order chi connectivity index (χ0) is 12.0. The van der Waals surface area contributed by atoms with E-state index < -0.39 is 0 Å². The van der Waals surface area contributed by atoms with Gasteiger partial charge in [-0.25, -0.2) is 0 Å². The summed E-state index contributed by atoms with van der Waals surface area (Å²) in [6.45, 7) is 5.01. The number of carbonyl (C=O) groups is 1. The molecule has 0 heterocycles. The molecule has 3 heteroatoms. The summed E-state index contributed by atoms with van der Waals surface area (Å²) in [4.78, 5) is 14.4. The number of hydrogen-bond donors (Lipinski definition) is 0. The van der Waals surface area contributed by atoms with Gasteiger partial charge in [0.15, 0.2) is 0 Å². The molecule has 0 aromatic heterocycles. The predicted octanol–water partition coefficient (Wildman–Crippen LogP) is 3.59. The van der Waals surface area contributed by atoms with Gasteiger partial charge in [0.2, 0.25) is 5.91 Å². The lowest BCUT2D eigenvalue weighted by atomic mass is 9.93. The Balaban J connectivity index is 2.60. The number of rotatable bonds is 5. The Kier molecular flexibility index (Phi) is 6.40. The molecule has 0 radical (unpaired) electrons. The lowest BCUT2D eigenvalue weighted by Crippen LogP contribution is -2.44. The average molecular weight is 290 g/mol. The van der Waals surface area contributed by atoms with Gasteiger partial charge in [-0.15, -0.1) is 0 Å². The first-order chi connectivity index (χ1) is 7.70. The lowest BCUT2D eigenvalue weighted by Gasteiger charge is -2.35. The number of alkyl halides is 1. The Morgan fingerprint density at radius 1 is 1.38 bits per heavy atom. The SMILES string of the molecule is CCC(C)C(=O)N(CCBr)C1CCCCC1. The number of halogens is 1. The van der Waals surface area contributed by atoms with Gasteiger partial charge in [-0.05, 0) is 19.3 Å². The first kappa shape index (κ1) is 14.0. The van der Waals surface area contributed by atoms with Gasteiger partial charge in [-0.2, -0.15) is 0 Å². The highest BCUT2D eigenvalue weighted by atomic mass is 79.9. The summed E-state index contributed by atoms with van der Waals surface area (Å²) >= 11 is 3.46. The molecule has 1 rings (SSSR count). The molecule has 0 saturated heterocycles. The molecule has 0 aromatic carbocycles. The van der Waals surface area contributed by atoms with Crippen molar-refractivity contribution in [3.63, 3.8) is 0 Å². The Labute approximate surface area is 108 Å². The predicted molar refractivity (Wildman–Crippen MR) is 71.8 cm³/mol. The summed E-state index contributed by atoms with van der Waals surface area (Å²) in [6, 6.07) is 0.507. The van der Waals surface area contributed by atoms with E-state index in [1.165, 1.54) is 32.1 Å². The van der Waals surface area contributed by atoms with Crippen LogP contribution in [0.2, 0.25) is 0 Å². The van der Waals surface area contributed by atoms with Crippen LogP contribution in [0.4, 0.5) is 0 Å². The van der Waals surface area contributed by atoms with E-state index in [2.05, 4.69) is 27.8 Å². The minimum Gasteiger partial charge on any atom is -0.339 e. The van der Waals surface area contributed by atoms with Crippen LogP contribution in [-0.2, 0) is 4.79 Å². The molecule has 0 N–H and O–H groups in total. The van der Waals surface area contributed by atoms with Gasteiger partial charge in [0.25, 0.3) is 0 Å². The van der Waals surface area contributed by atoms with E-state index in [-0.39, 0.29) is 5.92 Å². The molecule has 1 fully saturated rings. The summed E-state index contributed by atoms with van der Waals surface area (Å²) < 4.78 is 0. The quantitative estimate of drug-likeness (QED) is 0.709. The standard InChI is InChI=1S/C13H24BrNO/c1-3-11(2)13(16)15(10-9-14)12-7-5-4-6-8-12/h11-12H,3-10H2,1-2H3. The molecule has 1 amide bonds. The Bertz CT molecular complexity index is 214. The molecular weight excluding hydrogens is 266 g/mol. The molecule has 0 spiro atoms. The maximum Gasteiger partial charge on any atom is 0.225 e. The highest BCUT2D eigenvalue weighted by Gasteiger charge is 2.27. The van der Waals surface area contributed by atoms with Crippen molar-refractivity contribution in [2.45, 2.75) is 58.4 Å². The molecule has 16 heavy (non-hydrogen) atoms. The van der Waals surface area contributed by atoms with Crippen LogP contribution in [0.25, 0.3) is 0 Å². The third kappa shape index (κ3) is 3.76. The zero-order valence-corrected chi connectivity index (χ0v) is 12.1. The van der Waals surface area contributed by atoms with Gasteiger partial charge in [0.1, 0.15) is 0 Å². The van der Waals surface area contributed by atoms with Crippen LogP contribution in [-0.4, -0.2) is 28.7 Å². The van der Waals surface area contributed by atoms with E-state index in [4.69, 9.17) is 0 Å². The van der Waals surface area contributed by atoms with E-state index in [0.29, 0.717) is 11.9 Å². The zero-order valence-electron chi connectivity index (χ0n) is 10.5. The largest absolute Gasteiger partial charge is 0.339 e. The summed E-state index contributed by atoms with van der Waals surface area (Å²) in [6.07, 6.45) is 7.28. The van der Waals surface area contributed by atoms with Crippen LogP contribution in [0.15, 0.2) is 0 Å². The smallest absolute Gasteiger partial charge is 0.225 e. The third-order valence-corrected chi connectivity index (χ3v) is 4.01. The normalized spacial score (nSPS) is 19.4. The van der Waals surface area contributed by atoms with Gasteiger partial charge in [0.05, 0.1) is 0 Å². The summed E-state index contributed by atoms with van der Waals surface area (Å²) in [5, 5.41) is 0.895. The van der Waals surface area contributed by atoms with Crippen molar-refractivity contribution in [2.24, 2.45) is 5.92 Å². The highest BCUT2D eigenvalue weighted by Crippen LogP contribution is 2.24. The van der Waals surface area contributed by atoms with Crippen LogP contribution in [0.5, 0.6) is 0 Å². The Hall–Kier alpha value is -0.0500. The third-order valence-electron chi connectivity index (χ3n) is 3.66. The van der Waals surface area contributed by atoms with Crippen molar-refractivity contribution >= 4 is 21.8 Å². The van der Waals surface area contributed by atoms with E-state index in [1.54, 1.807) is 0 Å². The number of hydrogen-bond acceptors (Lipinski definition) is 1. The second-order valence-electron chi connectivity index (χ2n) is 4.82. The maximum absolute atomic E-state index is 12.3. The van der Waals surface area contributed by atoms with Crippen LogP contribution >= 0.6 is 15.9 Å². The van der Waals surface area contributed by atoms with Crippen molar-refractivity contribution in [1.29, 1.82) is 0 Å². The minimum atomic E-state index is 0.181. The van der Waals surface area contributed by atoms with E-state index in [9.17, 15) is 4.79 Å². The second kappa shape index (κ2) is 7.31. The minimum absolute atomic E-state index is 0.181. The fraction of sp³-hybridized carbons (Fsp3) is 0.923. The number of carbonyl (C=O) groups excluding carboxylic acids is 1. The van der Waals surface area contributed by atoms with Crippen molar-refractivity contribution in [1.82, 2.24) is 4.90 Å². The summed E-state index contributed by atoms with van der Waals surface area (Å²) in [5.41, 5.74) is 0. The van der Waals surface area contributed by atoms with Crippen LogP contribution in [0.1, 0.15) is 52.4 Å². The fourth-order valence-electron chi connectivity index (χ4n) is 2.41. The Morgan fingerprint density at radius 2 is 2.00 bits per heavy atom. The molecule has 0 bridgehead atoms. The molecular formula is C13H24BrNO. The lowest BCUT2D eigenvalue weighted by molar-refractivity contribution is -0.137. The first-order valence-corrected chi connectivity index (χ1v) is 7.69. The summed E-state index contributed by atoms with van der Waals surface area (Å²) in [7, 11) is 0. The van der Waals surface area contributed by atoms with Crippen LogP contribution < -0.4 is 0 Å². The monoisotopic (exact) mass is 289 g/mol. The molecule has 1 saturated carbocycles. The van der Waals surface area contributed by atoms with Crippen molar-refractivity contribution in [2.75, 3.05) is 11.9 Å². The molecule has 1 aliphatic carbocycles. The Morgan fingerprint density at radius 3 is 2.50 bits per heavy atom. The second-order valence-corrected chi connectivity index (χ2v) is 5.61. The van der Waals surface area contributed by atoms with Gasteiger partial charge in [-0.3, -0.25) is 4.79 Å². The van der Waals surface area contributed by atoms with Gasteiger partial charge >= 0.3 is 0 Å². The van der Waals surface area contributed by atoms with Crippen molar-refractivity contribution in [3.05, 3.63) is 0 Å². The molecule has 1 unspecified atom stereocenters. The van der Waals surface area contributed by atoms with E-state index >= 15 is 0 Å². The van der Waals surface area contributed by atoms with Crippen LogP contribution in [0.3, 0.4) is 0 Å². The highest BCUT2D eigenvalue weighted by molar-refractivity contribution is 9.09.